The van der Waals surface area contributed by atoms with Crippen molar-refractivity contribution in [3.8, 4) is 5.75 Å². The van der Waals surface area contributed by atoms with Gasteiger partial charge in [0.25, 0.3) is 0 Å². The van der Waals surface area contributed by atoms with Gasteiger partial charge in [-0.1, -0.05) is 0 Å². The maximum absolute atomic E-state index is 13.9. The van der Waals surface area contributed by atoms with Crippen LogP contribution in [0.5, 0.6) is 5.75 Å². The molecule has 0 atom stereocenters. The van der Waals surface area contributed by atoms with Crippen LogP contribution in [0, 0.1) is 11.6 Å². The first-order chi connectivity index (χ1) is 13.5. The lowest BCUT2D eigenvalue weighted by Crippen LogP contribution is -2.18. The second-order valence-corrected chi connectivity index (χ2v) is 6.57. The molecule has 28 heavy (non-hydrogen) atoms. The van der Waals surface area contributed by atoms with Gasteiger partial charge in [-0.25, -0.2) is 8.78 Å². The molecule has 6 nitrogen and oxygen atoms in total. The van der Waals surface area contributed by atoms with Gasteiger partial charge < -0.3 is 20.1 Å². The van der Waals surface area contributed by atoms with Crippen LogP contribution < -0.4 is 15.4 Å². The fraction of sp³-hybridized carbons (Fsp3) is 0.263. The minimum atomic E-state index is -0.597. The number of carbonyl (C=O) groups excluding carboxylic acids is 2. The summed E-state index contributed by atoms with van der Waals surface area (Å²) < 4.78 is 36.8. The SMILES string of the molecule is COCCOc1ccc(NC(=O)CSCC(=O)Nc2ccc(F)cc2)cc1F. The number of anilines is 2. The highest BCUT2D eigenvalue weighted by Crippen LogP contribution is 2.21. The van der Waals surface area contributed by atoms with Gasteiger partial charge in [0.2, 0.25) is 11.8 Å². The highest BCUT2D eigenvalue weighted by Gasteiger charge is 2.09. The molecule has 0 bridgehead atoms. The Hall–Kier alpha value is -2.65. The van der Waals surface area contributed by atoms with E-state index in [0.29, 0.717) is 12.3 Å². The van der Waals surface area contributed by atoms with Crippen LogP contribution in [0.4, 0.5) is 20.2 Å². The van der Waals surface area contributed by atoms with E-state index in [0.717, 1.165) is 17.8 Å². The summed E-state index contributed by atoms with van der Waals surface area (Å²) in [4.78, 5) is 23.7. The topological polar surface area (TPSA) is 76.7 Å². The summed E-state index contributed by atoms with van der Waals surface area (Å²) in [7, 11) is 1.52. The zero-order valence-electron chi connectivity index (χ0n) is 15.2. The van der Waals surface area contributed by atoms with Crippen molar-refractivity contribution in [2.75, 3.05) is 42.5 Å². The van der Waals surface area contributed by atoms with Crippen LogP contribution >= 0.6 is 11.8 Å². The predicted molar refractivity (Wildman–Crippen MR) is 105 cm³/mol. The van der Waals surface area contributed by atoms with Gasteiger partial charge in [-0.15, -0.1) is 11.8 Å². The van der Waals surface area contributed by atoms with E-state index in [2.05, 4.69) is 10.6 Å². The molecule has 0 heterocycles. The zero-order chi connectivity index (χ0) is 20.4. The Kier molecular flexibility index (Phi) is 8.70. The second-order valence-electron chi connectivity index (χ2n) is 5.58. The van der Waals surface area contributed by atoms with Crippen molar-refractivity contribution in [1.29, 1.82) is 0 Å². The Morgan fingerprint density at radius 3 is 2.14 bits per heavy atom. The molecule has 0 spiro atoms. The molecule has 0 aliphatic rings. The minimum Gasteiger partial charge on any atom is -0.488 e. The maximum atomic E-state index is 13.9. The lowest BCUT2D eigenvalue weighted by Gasteiger charge is -2.09. The van der Waals surface area contributed by atoms with E-state index in [1.54, 1.807) is 0 Å². The number of ether oxygens (including phenoxy) is 2. The van der Waals surface area contributed by atoms with Gasteiger partial charge in [0.15, 0.2) is 11.6 Å². The third-order valence-corrected chi connectivity index (χ3v) is 4.29. The second kappa shape index (κ2) is 11.3. The lowest BCUT2D eigenvalue weighted by atomic mass is 10.3. The largest absolute Gasteiger partial charge is 0.488 e. The van der Waals surface area contributed by atoms with Gasteiger partial charge in [0.05, 0.1) is 18.1 Å². The fourth-order valence-corrected chi connectivity index (χ4v) is 2.71. The average Bonchev–Trinajstić information content (AvgIpc) is 2.65. The van der Waals surface area contributed by atoms with Crippen molar-refractivity contribution in [2.24, 2.45) is 0 Å². The average molecular weight is 410 g/mol. The third kappa shape index (κ3) is 7.53. The summed E-state index contributed by atoms with van der Waals surface area (Å²) >= 11 is 1.10. The summed E-state index contributed by atoms with van der Waals surface area (Å²) in [6, 6.07) is 9.47. The number of benzene rings is 2. The molecule has 0 fully saturated rings. The lowest BCUT2D eigenvalue weighted by molar-refractivity contribution is -0.114. The molecule has 0 unspecified atom stereocenters. The van der Waals surface area contributed by atoms with Gasteiger partial charge in [-0.3, -0.25) is 9.59 Å². The Bertz CT molecular complexity index is 803. The molecular weight excluding hydrogens is 390 g/mol. The van der Waals surface area contributed by atoms with Gasteiger partial charge in [-0.05, 0) is 36.4 Å². The normalized spacial score (nSPS) is 10.4. The van der Waals surface area contributed by atoms with Crippen molar-refractivity contribution >= 4 is 35.0 Å². The van der Waals surface area contributed by atoms with Crippen molar-refractivity contribution in [3.63, 3.8) is 0 Å². The number of rotatable bonds is 10. The number of amides is 2. The summed E-state index contributed by atoms with van der Waals surface area (Å²) in [5.74, 6) is -1.53. The molecule has 0 aliphatic heterocycles. The van der Waals surface area contributed by atoms with E-state index < -0.39 is 11.6 Å². The molecule has 2 aromatic carbocycles. The van der Waals surface area contributed by atoms with Crippen molar-refractivity contribution in [3.05, 3.63) is 54.1 Å². The van der Waals surface area contributed by atoms with Gasteiger partial charge in [0.1, 0.15) is 12.4 Å². The van der Waals surface area contributed by atoms with E-state index >= 15 is 0 Å². The summed E-state index contributed by atoms with van der Waals surface area (Å²) in [6.07, 6.45) is 0. The Labute approximate surface area is 165 Å². The summed E-state index contributed by atoms with van der Waals surface area (Å²) in [5, 5.41) is 5.15. The monoisotopic (exact) mass is 410 g/mol. The first-order valence-electron chi connectivity index (χ1n) is 8.32. The summed E-state index contributed by atoms with van der Waals surface area (Å²) in [6.45, 7) is 0.555. The van der Waals surface area contributed by atoms with Crippen LogP contribution in [-0.2, 0) is 14.3 Å². The van der Waals surface area contributed by atoms with Gasteiger partial charge >= 0.3 is 0 Å². The van der Waals surface area contributed by atoms with Crippen molar-refractivity contribution in [1.82, 2.24) is 0 Å². The van der Waals surface area contributed by atoms with Crippen LogP contribution in [0.15, 0.2) is 42.5 Å². The molecule has 0 aromatic heterocycles. The van der Waals surface area contributed by atoms with Crippen molar-refractivity contribution < 1.29 is 27.8 Å². The van der Waals surface area contributed by atoms with Crippen LogP contribution in [0.25, 0.3) is 0 Å². The van der Waals surface area contributed by atoms with E-state index in [-0.39, 0.29) is 41.4 Å². The molecule has 150 valence electrons. The molecule has 9 heteroatoms. The molecule has 2 rings (SSSR count). The Morgan fingerprint density at radius 2 is 1.54 bits per heavy atom. The number of halogens is 2. The number of nitrogens with one attached hydrogen (secondary N) is 2. The summed E-state index contributed by atoms with van der Waals surface area (Å²) in [5.41, 5.74) is 0.762. The molecule has 0 saturated carbocycles. The van der Waals surface area contributed by atoms with Crippen LogP contribution in [-0.4, -0.2) is 43.6 Å². The van der Waals surface area contributed by atoms with Crippen LogP contribution in [0.1, 0.15) is 0 Å². The number of carbonyl (C=O) groups is 2. The smallest absolute Gasteiger partial charge is 0.234 e. The number of hydrogen-bond acceptors (Lipinski definition) is 5. The Morgan fingerprint density at radius 1 is 0.929 bits per heavy atom. The van der Waals surface area contributed by atoms with E-state index in [1.165, 1.54) is 43.5 Å². The number of hydrogen-bond donors (Lipinski definition) is 2. The van der Waals surface area contributed by atoms with Gasteiger partial charge in [-0.2, -0.15) is 0 Å². The fourth-order valence-electron chi connectivity index (χ4n) is 2.09. The molecule has 2 amide bonds. The third-order valence-electron chi connectivity index (χ3n) is 3.35. The first kappa shape index (κ1) is 21.6. The van der Waals surface area contributed by atoms with Gasteiger partial charge in [0, 0.05) is 24.6 Å². The molecule has 0 radical (unpaired) electrons. The minimum absolute atomic E-state index is 0.0184. The molecule has 0 aliphatic carbocycles. The molecular formula is C19H20F2N2O4S. The van der Waals surface area contributed by atoms with Crippen LogP contribution in [0.2, 0.25) is 0 Å². The van der Waals surface area contributed by atoms with E-state index in [1.807, 2.05) is 0 Å². The Balaban J connectivity index is 1.72. The standard InChI is InChI=1S/C19H20F2N2O4S/c1-26-8-9-27-17-7-6-15(10-16(17)21)23-19(25)12-28-11-18(24)22-14-4-2-13(20)3-5-14/h2-7,10H,8-9,11-12H2,1H3,(H,22,24)(H,23,25). The number of thioether (sulfide) groups is 1. The molecule has 2 aromatic rings. The van der Waals surface area contributed by atoms with E-state index in [9.17, 15) is 18.4 Å². The van der Waals surface area contributed by atoms with E-state index in [4.69, 9.17) is 9.47 Å². The zero-order valence-corrected chi connectivity index (χ0v) is 16.0. The number of methoxy groups -OCH3 is 1. The predicted octanol–water partition coefficient (Wildman–Crippen LogP) is 3.30. The molecule has 2 N–H and O–H groups in total. The maximum Gasteiger partial charge on any atom is 0.234 e. The van der Waals surface area contributed by atoms with Crippen LogP contribution in [0.3, 0.4) is 0 Å². The van der Waals surface area contributed by atoms with Crippen molar-refractivity contribution in [2.45, 2.75) is 0 Å². The molecule has 0 saturated heterocycles. The highest BCUT2D eigenvalue weighted by atomic mass is 32.2. The quantitative estimate of drug-likeness (QED) is 0.588. The highest BCUT2D eigenvalue weighted by molar-refractivity contribution is 8.00. The first-order valence-corrected chi connectivity index (χ1v) is 9.47.